The summed E-state index contributed by atoms with van der Waals surface area (Å²) in [6.07, 6.45) is 5.38. The van der Waals surface area contributed by atoms with Gasteiger partial charge in [0.1, 0.15) is 5.75 Å². The highest BCUT2D eigenvalue weighted by molar-refractivity contribution is 5.77. The first-order chi connectivity index (χ1) is 10.8. The molecule has 2 rings (SSSR count). The number of ether oxygens (including phenoxy) is 1. The van der Waals surface area contributed by atoms with Gasteiger partial charge in [0.05, 0.1) is 24.0 Å². The van der Waals surface area contributed by atoms with Gasteiger partial charge in [0.15, 0.2) is 0 Å². The molecule has 1 aromatic heterocycles. The molecule has 0 aliphatic carbocycles. The molecule has 0 saturated heterocycles. The van der Waals surface area contributed by atoms with E-state index in [9.17, 15) is 0 Å². The summed E-state index contributed by atoms with van der Waals surface area (Å²) < 4.78 is 8.14. The second kappa shape index (κ2) is 8.79. The van der Waals surface area contributed by atoms with E-state index in [1.54, 1.807) is 0 Å². The van der Waals surface area contributed by atoms with E-state index in [0.29, 0.717) is 0 Å². The number of aryl methyl sites for hydroxylation is 1. The molecule has 0 aliphatic rings. The van der Waals surface area contributed by atoms with Crippen molar-refractivity contribution in [3.63, 3.8) is 0 Å². The lowest BCUT2D eigenvalue weighted by Crippen LogP contribution is -2.25. The average molecular weight is 303 g/mol. The molecule has 0 atom stereocenters. The molecule has 1 aromatic carbocycles. The van der Waals surface area contributed by atoms with E-state index in [1.165, 1.54) is 18.4 Å². The third kappa shape index (κ3) is 4.47. The van der Waals surface area contributed by atoms with Crippen LogP contribution in [0.15, 0.2) is 24.5 Å². The summed E-state index contributed by atoms with van der Waals surface area (Å²) >= 11 is 0. The summed E-state index contributed by atoms with van der Waals surface area (Å²) in [5.41, 5.74) is 2.22. The van der Waals surface area contributed by atoms with Crippen molar-refractivity contribution in [2.75, 3.05) is 26.2 Å². The molecule has 0 unspecified atom stereocenters. The maximum absolute atomic E-state index is 5.91. The van der Waals surface area contributed by atoms with E-state index in [1.807, 2.05) is 12.4 Å². The van der Waals surface area contributed by atoms with Gasteiger partial charge in [-0.3, -0.25) is 0 Å². The lowest BCUT2D eigenvalue weighted by atomic mass is 10.3. The number of nitrogens with zero attached hydrogens (tertiary/aromatic N) is 3. The second-order valence-electron chi connectivity index (χ2n) is 5.67. The first-order valence-corrected chi connectivity index (χ1v) is 8.58. The minimum absolute atomic E-state index is 0.769. The van der Waals surface area contributed by atoms with Crippen molar-refractivity contribution in [3.8, 4) is 5.75 Å². The van der Waals surface area contributed by atoms with E-state index < -0.39 is 0 Å². The van der Waals surface area contributed by atoms with Gasteiger partial charge in [-0.15, -0.1) is 0 Å². The summed E-state index contributed by atoms with van der Waals surface area (Å²) in [4.78, 5) is 6.88. The SMILES string of the molecule is CCCCn1cnc2ccc(OCCCN(CC)CC)cc21. The van der Waals surface area contributed by atoms with Crippen molar-refractivity contribution >= 4 is 11.0 Å². The zero-order chi connectivity index (χ0) is 15.8. The third-order valence-corrected chi connectivity index (χ3v) is 4.13. The van der Waals surface area contributed by atoms with Crippen LogP contribution in [0.25, 0.3) is 11.0 Å². The number of rotatable bonds is 10. The van der Waals surface area contributed by atoms with E-state index in [-0.39, 0.29) is 0 Å². The molecule has 0 amide bonds. The molecule has 22 heavy (non-hydrogen) atoms. The number of imidazole rings is 1. The van der Waals surface area contributed by atoms with Crippen LogP contribution in [0, 0.1) is 0 Å². The Morgan fingerprint density at radius 3 is 2.68 bits per heavy atom. The average Bonchev–Trinajstić information content (AvgIpc) is 2.95. The Labute approximate surface area is 134 Å². The van der Waals surface area contributed by atoms with Gasteiger partial charge < -0.3 is 14.2 Å². The molecular formula is C18H29N3O. The van der Waals surface area contributed by atoms with Crippen LogP contribution in [-0.2, 0) is 6.54 Å². The Morgan fingerprint density at radius 2 is 1.95 bits per heavy atom. The van der Waals surface area contributed by atoms with Gasteiger partial charge >= 0.3 is 0 Å². The quantitative estimate of drug-likeness (QED) is 0.623. The summed E-state index contributed by atoms with van der Waals surface area (Å²) in [5, 5.41) is 0. The van der Waals surface area contributed by atoms with Gasteiger partial charge in [-0.25, -0.2) is 4.98 Å². The van der Waals surface area contributed by atoms with Crippen molar-refractivity contribution < 1.29 is 4.74 Å². The van der Waals surface area contributed by atoms with Crippen molar-refractivity contribution in [1.82, 2.24) is 14.5 Å². The van der Waals surface area contributed by atoms with Gasteiger partial charge in [0.25, 0.3) is 0 Å². The molecule has 0 fully saturated rings. The van der Waals surface area contributed by atoms with E-state index >= 15 is 0 Å². The zero-order valence-electron chi connectivity index (χ0n) is 14.2. The monoisotopic (exact) mass is 303 g/mol. The van der Waals surface area contributed by atoms with E-state index in [4.69, 9.17) is 4.74 Å². The number of fused-ring (bicyclic) bond motifs is 1. The minimum Gasteiger partial charge on any atom is -0.493 e. The Kier molecular flexibility index (Phi) is 6.72. The molecule has 122 valence electrons. The molecule has 4 heteroatoms. The topological polar surface area (TPSA) is 30.3 Å². The number of hydrogen-bond donors (Lipinski definition) is 0. The molecule has 0 bridgehead atoms. The first kappa shape index (κ1) is 16.8. The number of unbranched alkanes of at least 4 members (excludes halogenated alkanes) is 1. The highest BCUT2D eigenvalue weighted by atomic mass is 16.5. The van der Waals surface area contributed by atoms with Crippen LogP contribution < -0.4 is 4.74 Å². The predicted molar refractivity (Wildman–Crippen MR) is 92.5 cm³/mol. The molecule has 0 radical (unpaired) electrons. The van der Waals surface area contributed by atoms with Crippen LogP contribution >= 0.6 is 0 Å². The number of benzene rings is 1. The summed E-state index contributed by atoms with van der Waals surface area (Å²) in [7, 11) is 0. The standard InChI is InChI=1S/C18H29N3O/c1-4-7-12-21-15-19-17-10-9-16(14-18(17)21)22-13-8-11-20(5-2)6-3/h9-10,14-15H,4-8,11-13H2,1-3H3. The van der Waals surface area contributed by atoms with Gasteiger partial charge in [0.2, 0.25) is 0 Å². The smallest absolute Gasteiger partial charge is 0.121 e. The van der Waals surface area contributed by atoms with E-state index in [2.05, 4.69) is 47.4 Å². The molecule has 4 nitrogen and oxygen atoms in total. The fourth-order valence-corrected chi connectivity index (χ4v) is 2.65. The third-order valence-electron chi connectivity index (χ3n) is 4.13. The highest BCUT2D eigenvalue weighted by Crippen LogP contribution is 2.20. The molecule has 0 spiro atoms. The number of hydrogen-bond acceptors (Lipinski definition) is 3. The van der Waals surface area contributed by atoms with Crippen LogP contribution in [0.1, 0.15) is 40.0 Å². The second-order valence-corrected chi connectivity index (χ2v) is 5.67. The highest BCUT2D eigenvalue weighted by Gasteiger charge is 2.05. The van der Waals surface area contributed by atoms with Gasteiger partial charge in [-0.2, -0.15) is 0 Å². The predicted octanol–water partition coefficient (Wildman–Crippen LogP) is 3.95. The van der Waals surface area contributed by atoms with Crippen LogP contribution in [0.3, 0.4) is 0 Å². The van der Waals surface area contributed by atoms with Crippen LogP contribution in [0.5, 0.6) is 5.75 Å². The van der Waals surface area contributed by atoms with Crippen molar-refractivity contribution in [1.29, 1.82) is 0 Å². The Bertz CT molecular complexity index is 560. The summed E-state index contributed by atoms with van der Waals surface area (Å²) in [6, 6.07) is 6.20. The molecule has 2 aromatic rings. The zero-order valence-corrected chi connectivity index (χ0v) is 14.2. The van der Waals surface area contributed by atoms with Crippen molar-refractivity contribution in [2.24, 2.45) is 0 Å². The van der Waals surface area contributed by atoms with Crippen LogP contribution in [-0.4, -0.2) is 40.7 Å². The number of aromatic nitrogens is 2. The normalized spacial score (nSPS) is 11.5. The molecule has 0 aliphatic heterocycles. The van der Waals surface area contributed by atoms with E-state index in [0.717, 1.165) is 50.5 Å². The minimum atomic E-state index is 0.769. The molecule has 0 saturated carbocycles. The van der Waals surface area contributed by atoms with Crippen molar-refractivity contribution in [3.05, 3.63) is 24.5 Å². The lowest BCUT2D eigenvalue weighted by molar-refractivity contribution is 0.249. The van der Waals surface area contributed by atoms with Gasteiger partial charge in [0, 0.05) is 19.2 Å². The maximum Gasteiger partial charge on any atom is 0.121 e. The first-order valence-electron chi connectivity index (χ1n) is 8.58. The van der Waals surface area contributed by atoms with Crippen LogP contribution in [0.4, 0.5) is 0 Å². The Hall–Kier alpha value is -1.55. The largest absolute Gasteiger partial charge is 0.493 e. The summed E-state index contributed by atoms with van der Waals surface area (Å²) in [6.45, 7) is 11.7. The Balaban J connectivity index is 1.91. The lowest BCUT2D eigenvalue weighted by Gasteiger charge is -2.17. The molecular weight excluding hydrogens is 274 g/mol. The molecule has 1 heterocycles. The fraction of sp³-hybridized carbons (Fsp3) is 0.611. The fourth-order valence-electron chi connectivity index (χ4n) is 2.65. The van der Waals surface area contributed by atoms with Gasteiger partial charge in [-0.05, 0) is 38.1 Å². The van der Waals surface area contributed by atoms with Crippen LogP contribution in [0.2, 0.25) is 0 Å². The maximum atomic E-state index is 5.91. The summed E-state index contributed by atoms with van der Waals surface area (Å²) in [5.74, 6) is 0.949. The molecule has 0 N–H and O–H groups in total. The Morgan fingerprint density at radius 1 is 1.14 bits per heavy atom. The van der Waals surface area contributed by atoms with Gasteiger partial charge in [-0.1, -0.05) is 27.2 Å². The van der Waals surface area contributed by atoms with Crippen molar-refractivity contribution in [2.45, 2.75) is 46.6 Å².